The van der Waals surface area contributed by atoms with Crippen LogP contribution < -0.4 is 14.8 Å². The zero-order valence-electron chi connectivity index (χ0n) is 12.6. The molecule has 22 heavy (non-hydrogen) atoms. The summed E-state index contributed by atoms with van der Waals surface area (Å²) in [5.41, 5.74) is 3.21. The molecule has 2 aromatic carbocycles. The number of carbonyl (C=O) groups is 1. The highest BCUT2D eigenvalue weighted by molar-refractivity contribution is 6.08. The summed E-state index contributed by atoms with van der Waals surface area (Å²) in [5.74, 6) is 1.25. The molecule has 2 aromatic rings. The van der Waals surface area contributed by atoms with Crippen molar-refractivity contribution in [3.63, 3.8) is 0 Å². The predicted molar refractivity (Wildman–Crippen MR) is 86.3 cm³/mol. The van der Waals surface area contributed by atoms with Gasteiger partial charge >= 0.3 is 0 Å². The lowest BCUT2D eigenvalue weighted by Crippen LogP contribution is -2.21. The molecular formula is C18H17NO3. The Morgan fingerprint density at radius 3 is 2.86 bits per heavy atom. The number of aryl methyl sites for hydroxylation is 1. The fourth-order valence-electron chi connectivity index (χ4n) is 2.37. The van der Waals surface area contributed by atoms with E-state index in [0.717, 1.165) is 16.9 Å². The Bertz CT molecular complexity index is 750. The van der Waals surface area contributed by atoms with Crippen molar-refractivity contribution >= 4 is 17.7 Å². The number of benzene rings is 2. The molecule has 1 N–H and O–H groups in total. The number of hydrogen-bond donors (Lipinski definition) is 1. The molecule has 1 heterocycles. The van der Waals surface area contributed by atoms with Crippen molar-refractivity contribution in [1.82, 2.24) is 0 Å². The second-order valence-corrected chi connectivity index (χ2v) is 5.15. The summed E-state index contributed by atoms with van der Waals surface area (Å²) in [5, 5.41) is 2.89. The van der Waals surface area contributed by atoms with Crippen molar-refractivity contribution in [3.05, 3.63) is 59.2 Å². The minimum absolute atomic E-state index is 0.182. The van der Waals surface area contributed by atoms with Gasteiger partial charge < -0.3 is 14.8 Å². The molecule has 1 aliphatic heterocycles. The number of para-hydroxylation sites is 1. The molecule has 0 aliphatic carbocycles. The van der Waals surface area contributed by atoms with Gasteiger partial charge in [0.25, 0.3) is 5.91 Å². The first-order valence-corrected chi connectivity index (χ1v) is 7.06. The molecule has 0 saturated heterocycles. The number of anilines is 1. The first-order chi connectivity index (χ1) is 10.7. The lowest BCUT2D eigenvalue weighted by atomic mass is 10.1. The van der Waals surface area contributed by atoms with E-state index < -0.39 is 0 Å². The van der Waals surface area contributed by atoms with Crippen LogP contribution in [0.2, 0.25) is 0 Å². The van der Waals surface area contributed by atoms with Crippen LogP contribution in [-0.4, -0.2) is 19.6 Å². The van der Waals surface area contributed by atoms with Crippen LogP contribution in [-0.2, 0) is 4.79 Å². The van der Waals surface area contributed by atoms with Gasteiger partial charge in [-0.3, -0.25) is 4.79 Å². The molecule has 1 aliphatic rings. The van der Waals surface area contributed by atoms with Crippen LogP contribution in [0.4, 0.5) is 5.69 Å². The number of ether oxygens (including phenoxy) is 2. The topological polar surface area (TPSA) is 47.6 Å². The molecule has 4 heteroatoms. The standard InChI is InChI=1S/C18H17NO3/c1-12-7-8-17(21-2)15(9-12)19-18(20)14-10-13-5-3-4-6-16(13)22-11-14/h3-10H,11H2,1-2H3,(H,19,20). The van der Waals surface area contributed by atoms with E-state index in [1.54, 1.807) is 7.11 Å². The molecule has 0 aromatic heterocycles. The van der Waals surface area contributed by atoms with Crippen molar-refractivity contribution in [2.45, 2.75) is 6.92 Å². The summed E-state index contributed by atoms with van der Waals surface area (Å²) in [6, 6.07) is 13.3. The van der Waals surface area contributed by atoms with Gasteiger partial charge in [-0.05, 0) is 36.8 Å². The van der Waals surface area contributed by atoms with Gasteiger partial charge in [-0.25, -0.2) is 0 Å². The maximum absolute atomic E-state index is 12.4. The van der Waals surface area contributed by atoms with Gasteiger partial charge in [-0.2, -0.15) is 0 Å². The number of amides is 1. The minimum atomic E-state index is -0.182. The molecule has 3 rings (SSSR count). The van der Waals surface area contributed by atoms with Gasteiger partial charge in [0.1, 0.15) is 18.1 Å². The summed E-state index contributed by atoms with van der Waals surface area (Å²) in [6.45, 7) is 2.23. The third-order valence-corrected chi connectivity index (χ3v) is 3.53. The van der Waals surface area contributed by atoms with E-state index in [4.69, 9.17) is 9.47 Å². The Hall–Kier alpha value is -2.75. The molecule has 0 bridgehead atoms. The highest BCUT2D eigenvalue weighted by Gasteiger charge is 2.18. The maximum Gasteiger partial charge on any atom is 0.255 e. The molecule has 0 radical (unpaired) electrons. The van der Waals surface area contributed by atoms with E-state index in [0.29, 0.717) is 17.0 Å². The van der Waals surface area contributed by atoms with Crippen LogP contribution in [0, 0.1) is 6.92 Å². The molecule has 0 atom stereocenters. The van der Waals surface area contributed by atoms with Crippen molar-refractivity contribution in [3.8, 4) is 11.5 Å². The highest BCUT2D eigenvalue weighted by atomic mass is 16.5. The second-order valence-electron chi connectivity index (χ2n) is 5.15. The average Bonchev–Trinajstić information content (AvgIpc) is 2.54. The van der Waals surface area contributed by atoms with Crippen molar-refractivity contribution < 1.29 is 14.3 Å². The van der Waals surface area contributed by atoms with Gasteiger partial charge in [-0.15, -0.1) is 0 Å². The summed E-state index contributed by atoms with van der Waals surface area (Å²) >= 11 is 0. The Balaban J connectivity index is 1.84. The van der Waals surface area contributed by atoms with Crippen LogP contribution >= 0.6 is 0 Å². The zero-order valence-corrected chi connectivity index (χ0v) is 12.6. The second kappa shape index (κ2) is 5.93. The van der Waals surface area contributed by atoms with Crippen LogP contribution in [0.3, 0.4) is 0 Å². The smallest absolute Gasteiger partial charge is 0.255 e. The fraction of sp³-hybridized carbons (Fsp3) is 0.167. The number of carbonyl (C=O) groups excluding carboxylic acids is 1. The van der Waals surface area contributed by atoms with E-state index in [2.05, 4.69) is 5.32 Å². The number of hydrogen-bond acceptors (Lipinski definition) is 3. The predicted octanol–water partition coefficient (Wildman–Crippen LogP) is 3.42. The fourth-order valence-corrected chi connectivity index (χ4v) is 2.37. The Kier molecular flexibility index (Phi) is 3.83. The van der Waals surface area contributed by atoms with Gasteiger partial charge in [-0.1, -0.05) is 24.3 Å². The Morgan fingerprint density at radius 1 is 1.23 bits per heavy atom. The Morgan fingerprint density at radius 2 is 2.05 bits per heavy atom. The minimum Gasteiger partial charge on any atom is -0.495 e. The summed E-state index contributed by atoms with van der Waals surface area (Å²) in [7, 11) is 1.58. The SMILES string of the molecule is COc1ccc(C)cc1NC(=O)C1=Cc2ccccc2OC1. The summed E-state index contributed by atoms with van der Waals surface area (Å²) < 4.78 is 10.9. The van der Waals surface area contributed by atoms with Crippen LogP contribution in [0.25, 0.3) is 6.08 Å². The molecule has 0 fully saturated rings. The molecule has 0 unspecified atom stereocenters. The van der Waals surface area contributed by atoms with E-state index in [-0.39, 0.29) is 12.5 Å². The summed E-state index contributed by atoms with van der Waals surface area (Å²) in [4.78, 5) is 12.4. The molecule has 0 spiro atoms. The third-order valence-electron chi connectivity index (χ3n) is 3.53. The quantitative estimate of drug-likeness (QED) is 0.944. The highest BCUT2D eigenvalue weighted by Crippen LogP contribution is 2.28. The van der Waals surface area contributed by atoms with Crippen molar-refractivity contribution in [1.29, 1.82) is 0 Å². The first-order valence-electron chi connectivity index (χ1n) is 7.06. The van der Waals surface area contributed by atoms with Crippen molar-refractivity contribution in [2.24, 2.45) is 0 Å². The number of methoxy groups -OCH3 is 1. The van der Waals surface area contributed by atoms with Crippen LogP contribution in [0.5, 0.6) is 11.5 Å². The third kappa shape index (κ3) is 2.81. The molecule has 0 saturated carbocycles. The molecular weight excluding hydrogens is 278 g/mol. The molecule has 1 amide bonds. The van der Waals surface area contributed by atoms with Crippen molar-refractivity contribution in [2.75, 3.05) is 19.0 Å². The number of nitrogens with one attached hydrogen (secondary N) is 1. The average molecular weight is 295 g/mol. The van der Waals surface area contributed by atoms with Gasteiger partial charge in [0.2, 0.25) is 0 Å². The van der Waals surface area contributed by atoms with Crippen LogP contribution in [0.1, 0.15) is 11.1 Å². The number of rotatable bonds is 3. The summed E-state index contributed by atoms with van der Waals surface area (Å²) in [6.07, 6.45) is 1.86. The van der Waals surface area contributed by atoms with E-state index in [1.807, 2.05) is 55.5 Å². The van der Waals surface area contributed by atoms with Gasteiger partial charge in [0.15, 0.2) is 0 Å². The maximum atomic E-state index is 12.4. The molecule has 4 nitrogen and oxygen atoms in total. The number of fused-ring (bicyclic) bond motifs is 1. The van der Waals surface area contributed by atoms with Crippen LogP contribution in [0.15, 0.2) is 48.0 Å². The zero-order chi connectivity index (χ0) is 15.5. The lowest BCUT2D eigenvalue weighted by molar-refractivity contribution is -0.113. The van der Waals surface area contributed by atoms with E-state index in [9.17, 15) is 4.79 Å². The Labute approximate surface area is 129 Å². The largest absolute Gasteiger partial charge is 0.495 e. The lowest BCUT2D eigenvalue weighted by Gasteiger charge is -2.18. The normalized spacial score (nSPS) is 12.7. The van der Waals surface area contributed by atoms with E-state index >= 15 is 0 Å². The van der Waals surface area contributed by atoms with E-state index in [1.165, 1.54) is 0 Å². The monoisotopic (exact) mass is 295 g/mol. The van der Waals surface area contributed by atoms with Gasteiger partial charge in [0.05, 0.1) is 18.4 Å². The van der Waals surface area contributed by atoms with Gasteiger partial charge in [0, 0.05) is 5.56 Å². The first kappa shape index (κ1) is 14.2. The molecule has 112 valence electrons.